The molecule has 0 spiro atoms. The average Bonchev–Trinajstić information content (AvgIpc) is 2.73. The van der Waals surface area contributed by atoms with Gasteiger partial charge in [-0.3, -0.25) is 5.10 Å². The molecule has 6 nitrogen and oxygen atoms in total. The van der Waals surface area contributed by atoms with E-state index in [1.165, 1.54) is 19.3 Å². The Balaban J connectivity index is 1.76. The molecule has 0 atom stereocenters. The van der Waals surface area contributed by atoms with Crippen LogP contribution < -0.4 is 11.1 Å². The van der Waals surface area contributed by atoms with Gasteiger partial charge < -0.3 is 11.1 Å². The third-order valence-corrected chi connectivity index (χ3v) is 3.26. The van der Waals surface area contributed by atoms with Gasteiger partial charge in [0.15, 0.2) is 11.8 Å². The van der Waals surface area contributed by atoms with Crippen molar-refractivity contribution in [3.8, 4) is 0 Å². The summed E-state index contributed by atoms with van der Waals surface area (Å²) in [7, 11) is 0. The lowest BCUT2D eigenvalue weighted by molar-refractivity contribution is 0.315. The molecule has 1 aliphatic rings. The van der Waals surface area contributed by atoms with E-state index < -0.39 is 0 Å². The number of nitrogens with one attached hydrogen (secondary N) is 2. The van der Waals surface area contributed by atoms with Crippen molar-refractivity contribution < 1.29 is 0 Å². The number of guanidine groups is 1. The molecule has 1 heterocycles. The first-order valence-corrected chi connectivity index (χ1v) is 6.60. The molecule has 0 aliphatic heterocycles. The number of H-pyrrole nitrogens is 1. The second kappa shape index (κ2) is 5.84. The van der Waals surface area contributed by atoms with E-state index >= 15 is 0 Å². The zero-order valence-electron chi connectivity index (χ0n) is 11.1. The molecule has 1 aliphatic carbocycles. The quantitative estimate of drug-likeness (QED) is 0.539. The minimum atomic E-state index is 0.327. The third-order valence-electron chi connectivity index (χ3n) is 3.26. The monoisotopic (exact) mass is 250 g/mol. The molecular formula is C12H22N6. The van der Waals surface area contributed by atoms with Gasteiger partial charge in [-0.15, -0.1) is 0 Å². The van der Waals surface area contributed by atoms with Crippen LogP contribution in [0.3, 0.4) is 0 Å². The molecule has 2 rings (SSSR count). The molecule has 0 amide bonds. The van der Waals surface area contributed by atoms with E-state index in [9.17, 15) is 0 Å². The lowest BCUT2D eigenvalue weighted by Crippen LogP contribution is -2.37. The molecular weight excluding hydrogens is 228 g/mol. The summed E-state index contributed by atoms with van der Waals surface area (Å²) >= 11 is 0. The number of hydrogen-bond acceptors (Lipinski definition) is 3. The van der Waals surface area contributed by atoms with Crippen LogP contribution >= 0.6 is 0 Å². The van der Waals surface area contributed by atoms with E-state index in [0.717, 1.165) is 24.1 Å². The summed E-state index contributed by atoms with van der Waals surface area (Å²) in [4.78, 5) is 8.59. The van der Waals surface area contributed by atoms with E-state index in [1.54, 1.807) is 0 Å². The van der Waals surface area contributed by atoms with Crippen molar-refractivity contribution in [1.82, 2.24) is 20.5 Å². The van der Waals surface area contributed by atoms with Crippen molar-refractivity contribution in [2.45, 2.75) is 45.6 Å². The van der Waals surface area contributed by atoms with Crippen molar-refractivity contribution in [3.63, 3.8) is 0 Å². The Morgan fingerprint density at radius 1 is 1.56 bits per heavy atom. The Morgan fingerprint density at radius 3 is 2.89 bits per heavy atom. The van der Waals surface area contributed by atoms with Crippen molar-refractivity contribution in [1.29, 1.82) is 0 Å². The summed E-state index contributed by atoms with van der Waals surface area (Å²) in [6, 6.07) is 0. The summed E-state index contributed by atoms with van der Waals surface area (Å²) in [6.45, 7) is 5.50. The fourth-order valence-electron chi connectivity index (χ4n) is 1.80. The number of nitrogens with zero attached hydrogens (tertiary/aromatic N) is 3. The number of aromatic amines is 1. The van der Waals surface area contributed by atoms with Crippen LogP contribution in [0, 0.1) is 5.92 Å². The minimum Gasteiger partial charge on any atom is -0.370 e. The smallest absolute Gasteiger partial charge is 0.189 e. The summed E-state index contributed by atoms with van der Waals surface area (Å²) in [5.41, 5.74) is 5.79. The lowest BCUT2D eigenvalue weighted by Gasteiger charge is -2.25. The zero-order valence-corrected chi connectivity index (χ0v) is 11.1. The zero-order chi connectivity index (χ0) is 13.0. The number of aromatic nitrogens is 3. The average molecular weight is 250 g/mol. The molecule has 1 saturated carbocycles. The van der Waals surface area contributed by atoms with Crippen LogP contribution in [-0.2, 0) is 6.54 Å². The maximum atomic E-state index is 5.79. The molecule has 1 fully saturated rings. The highest BCUT2D eigenvalue weighted by molar-refractivity contribution is 5.77. The van der Waals surface area contributed by atoms with Crippen molar-refractivity contribution in [2.75, 3.05) is 6.54 Å². The highest BCUT2D eigenvalue weighted by Crippen LogP contribution is 2.24. The second-order valence-electron chi connectivity index (χ2n) is 5.17. The van der Waals surface area contributed by atoms with Gasteiger partial charge >= 0.3 is 0 Å². The normalized spacial score (nSPS) is 16.9. The lowest BCUT2D eigenvalue weighted by atomic mass is 9.85. The highest BCUT2D eigenvalue weighted by atomic mass is 15.2. The summed E-state index contributed by atoms with van der Waals surface area (Å²) < 4.78 is 0. The van der Waals surface area contributed by atoms with Gasteiger partial charge in [-0.1, -0.05) is 20.3 Å². The van der Waals surface area contributed by atoms with E-state index in [0.29, 0.717) is 18.4 Å². The molecule has 18 heavy (non-hydrogen) atoms. The Labute approximate surface area is 107 Å². The first-order chi connectivity index (χ1) is 8.65. The van der Waals surface area contributed by atoms with Gasteiger partial charge in [0.25, 0.3) is 0 Å². The van der Waals surface area contributed by atoms with E-state index in [4.69, 9.17) is 5.73 Å². The summed E-state index contributed by atoms with van der Waals surface area (Å²) in [6.07, 6.45) is 3.96. The molecule has 0 radical (unpaired) electrons. The van der Waals surface area contributed by atoms with Gasteiger partial charge in [-0.2, -0.15) is 5.10 Å². The van der Waals surface area contributed by atoms with Gasteiger partial charge in [0.2, 0.25) is 0 Å². The molecule has 1 aromatic rings. The van der Waals surface area contributed by atoms with E-state index in [1.807, 2.05) is 0 Å². The Morgan fingerprint density at radius 2 is 2.33 bits per heavy atom. The fourth-order valence-corrected chi connectivity index (χ4v) is 1.80. The number of aliphatic imine (C=N–C) groups is 1. The predicted molar refractivity (Wildman–Crippen MR) is 71.1 cm³/mol. The standard InChI is InChI=1S/C12H22N6/c1-8(2)11-16-10(17-18-11)7-15-12(13)14-6-9-4-3-5-9/h8-9H,3-7H2,1-2H3,(H3,13,14,15)(H,16,17,18). The molecule has 4 N–H and O–H groups in total. The van der Waals surface area contributed by atoms with Crippen LogP contribution in [0.5, 0.6) is 0 Å². The first kappa shape index (κ1) is 12.9. The highest BCUT2D eigenvalue weighted by Gasteiger charge is 2.16. The van der Waals surface area contributed by atoms with Crippen LogP contribution in [0.15, 0.2) is 4.99 Å². The Bertz CT molecular complexity index is 404. The van der Waals surface area contributed by atoms with E-state index in [2.05, 4.69) is 39.3 Å². The van der Waals surface area contributed by atoms with Crippen LogP contribution in [-0.4, -0.2) is 27.7 Å². The molecule has 0 saturated heterocycles. The molecule has 0 bridgehead atoms. The topological polar surface area (TPSA) is 92.0 Å². The second-order valence-corrected chi connectivity index (χ2v) is 5.17. The third kappa shape index (κ3) is 3.45. The van der Waals surface area contributed by atoms with Crippen LogP contribution in [0.4, 0.5) is 0 Å². The van der Waals surface area contributed by atoms with Gasteiger partial charge in [0.05, 0.1) is 0 Å². The Kier molecular flexibility index (Phi) is 4.17. The van der Waals surface area contributed by atoms with E-state index in [-0.39, 0.29) is 0 Å². The van der Waals surface area contributed by atoms with Crippen LogP contribution in [0.2, 0.25) is 0 Å². The number of rotatable bonds is 5. The molecule has 100 valence electrons. The van der Waals surface area contributed by atoms with Gasteiger partial charge in [-0.25, -0.2) is 9.98 Å². The maximum absolute atomic E-state index is 5.79. The number of hydrogen-bond donors (Lipinski definition) is 3. The number of nitrogens with two attached hydrogens (primary N) is 1. The van der Waals surface area contributed by atoms with Crippen molar-refractivity contribution in [3.05, 3.63) is 11.6 Å². The maximum Gasteiger partial charge on any atom is 0.189 e. The first-order valence-electron chi connectivity index (χ1n) is 6.60. The SMILES string of the molecule is CC(C)c1n[nH]c(CN=C(N)NCC2CCC2)n1. The largest absolute Gasteiger partial charge is 0.370 e. The van der Waals surface area contributed by atoms with Gasteiger partial charge in [0.1, 0.15) is 12.4 Å². The fraction of sp³-hybridized carbons (Fsp3) is 0.750. The molecule has 0 unspecified atom stereocenters. The molecule has 0 aromatic carbocycles. The molecule has 1 aromatic heterocycles. The summed E-state index contributed by atoms with van der Waals surface area (Å²) in [5.74, 6) is 3.17. The van der Waals surface area contributed by atoms with Gasteiger partial charge in [-0.05, 0) is 18.8 Å². The summed E-state index contributed by atoms with van der Waals surface area (Å²) in [5, 5.41) is 10.2. The Hall–Kier alpha value is -1.59. The van der Waals surface area contributed by atoms with Crippen molar-refractivity contribution in [2.24, 2.45) is 16.6 Å². The van der Waals surface area contributed by atoms with Gasteiger partial charge in [0, 0.05) is 12.5 Å². The predicted octanol–water partition coefficient (Wildman–Crippen LogP) is 1.13. The van der Waals surface area contributed by atoms with Crippen LogP contribution in [0.1, 0.15) is 50.7 Å². The van der Waals surface area contributed by atoms with Crippen LogP contribution in [0.25, 0.3) is 0 Å². The molecule has 6 heteroatoms. The minimum absolute atomic E-state index is 0.327. The van der Waals surface area contributed by atoms with Crippen molar-refractivity contribution >= 4 is 5.96 Å².